The summed E-state index contributed by atoms with van der Waals surface area (Å²) in [6, 6.07) is 2.10. The minimum absolute atomic E-state index is 0.223. The van der Waals surface area contributed by atoms with Crippen molar-refractivity contribution in [3.63, 3.8) is 0 Å². The van der Waals surface area contributed by atoms with Gasteiger partial charge in [-0.05, 0) is 32.9 Å². The van der Waals surface area contributed by atoms with Crippen LogP contribution in [0.3, 0.4) is 0 Å². The van der Waals surface area contributed by atoms with Crippen molar-refractivity contribution in [1.29, 1.82) is 0 Å². The maximum Gasteiger partial charge on any atom is 0.345 e. The van der Waals surface area contributed by atoms with E-state index in [4.69, 9.17) is 9.47 Å². The maximum atomic E-state index is 13.6. The zero-order chi connectivity index (χ0) is 13.2. The highest BCUT2D eigenvalue weighted by Crippen LogP contribution is 2.33. The fourth-order valence-corrected chi connectivity index (χ4v) is 1.27. The van der Waals surface area contributed by atoms with Crippen LogP contribution in [0.25, 0.3) is 0 Å². The minimum Gasteiger partial charge on any atom is -0.504 e. The number of methoxy groups -OCH3 is 1. The molecule has 0 bridgehead atoms. The van der Waals surface area contributed by atoms with Crippen LogP contribution in [0.2, 0.25) is 0 Å². The smallest absolute Gasteiger partial charge is 0.345 e. The summed E-state index contributed by atoms with van der Waals surface area (Å²) in [4.78, 5) is 11.8. The fourth-order valence-electron chi connectivity index (χ4n) is 1.27. The molecule has 1 aromatic carbocycles. The van der Waals surface area contributed by atoms with Gasteiger partial charge in [0.25, 0.3) is 0 Å². The van der Waals surface area contributed by atoms with Gasteiger partial charge in [-0.3, -0.25) is 0 Å². The Kier molecular flexibility index (Phi) is 3.60. The largest absolute Gasteiger partial charge is 0.504 e. The molecular weight excluding hydrogens is 227 g/mol. The van der Waals surface area contributed by atoms with Crippen LogP contribution in [0.15, 0.2) is 12.1 Å². The van der Waals surface area contributed by atoms with Crippen molar-refractivity contribution >= 4 is 5.97 Å². The summed E-state index contributed by atoms with van der Waals surface area (Å²) in [5.41, 5.74) is -1.15. The van der Waals surface area contributed by atoms with Crippen molar-refractivity contribution in [2.75, 3.05) is 7.11 Å². The Morgan fingerprint density at radius 3 is 2.41 bits per heavy atom. The van der Waals surface area contributed by atoms with E-state index in [0.29, 0.717) is 0 Å². The van der Waals surface area contributed by atoms with Crippen molar-refractivity contribution in [3.8, 4) is 11.5 Å². The summed E-state index contributed by atoms with van der Waals surface area (Å²) in [7, 11) is 1.24. The first kappa shape index (κ1) is 13.3. The molecule has 0 fully saturated rings. The molecule has 94 valence electrons. The van der Waals surface area contributed by atoms with Gasteiger partial charge in [0.1, 0.15) is 17.0 Å². The number of aromatic hydroxyl groups is 1. The Labute approximate surface area is 99.0 Å². The molecule has 4 nitrogen and oxygen atoms in total. The van der Waals surface area contributed by atoms with Crippen molar-refractivity contribution < 1.29 is 23.8 Å². The van der Waals surface area contributed by atoms with Gasteiger partial charge in [0, 0.05) is 0 Å². The topological polar surface area (TPSA) is 55.8 Å². The number of hydrogen-bond acceptors (Lipinski definition) is 4. The van der Waals surface area contributed by atoms with Crippen molar-refractivity contribution in [1.82, 2.24) is 0 Å². The van der Waals surface area contributed by atoms with E-state index in [1.165, 1.54) is 7.11 Å². The van der Waals surface area contributed by atoms with Crippen molar-refractivity contribution in [3.05, 3.63) is 23.5 Å². The monoisotopic (exact) mass is 242 g/mol. The number of carbonyl (C=O) groups is 1. The fraction of sp³-hybridized carbons (Fsp3) is 0.417. The molecule has 0 aliphatic rings. The molecule has 0 saturated heterocycles. The van der Waals surface area contributed by atoms with Gasteiger partial charge in [0.05, 0.1) is 7.11 Å². The zero-order valence-electron chi connectivity index (χ0n) is 10.2. The van der Waals surface area contributed by atoms with Crippen LogP contribution >= 0.6 is 0 Å². The summed E-state index contributed by atoms with van der Waals surface area (Å²) in [6.07, 6.45) is 0. The molecule has 17 heavy (non-hydrogen) atoms. The first-order valence-electron chi connectivity index (χ1n) is 5.05. The number of benzene rings is 1. The third kappa shape index (κ3) is 3.09. The lowest BCUT2D eigenvalue weighted by Gasteiger charge is -2.20. The standard InChI is InChI=1S/C12H15FO4/c1-12(2,3)17-11(15)9-7(13)5-6-8(14)10(9)16-4/h5-6,14H,1-4H3. The first-order valence-corrected chi connectivity index (χ1v) is 5.05. The van der Waals surface area contributed by atoms with Crippen LogP contribution < -0.4 is 4.74 Å². The Morgan fingerprint density at radius 2 is 1.94 bits per heavy atom. The summed E-state index contributed by atoms with van der Waals surface area (Å²) in [6.45, 7) is 4.99. The second-order valence-electron chi connectivity index (χ2n) is 4.48. The Morgan fingerprint density at radius 1 is 1.35 bits per heavy atom. The number of phenolic OH excluding ortho intramolecular Hbond substituents is 1. The molecule has 0 aliphatic heterocycles. The first-order chi connectivity index (χ1) is 7.76. The van der Waals surface area contributed by atoms with E-state index in [-0.39, 0.29) is 11.5 Å². The molecule has 0 aliphatic carbocycles. The highest BCUT2D eigenvalue weighted by molar-refractivity contribution is 5.94. The number of esters is 1. The second kappa shape index (κ2) is 4.61. The van der Waals surface area contributed by atoms with E-state index in [9.17, 15) is 14.3 Å². The van der Waals surface area contributed by atoms with Gasteiger partial charge >= 0.3 is 5.97 Å². The van der Waals surface area contributed by atoms with Crippen LogP contribution in [-0.4, -0.2) is 23.8 Å². The Hall–Kier alpha value is -1.78. The molecule has 0 aromatic heterocycles. The lowest BCUT2D eigenvalue weighted by Crippen LogP contribution is -2.24. The molecule has 1 N–H and O–H groups in total. The van der Waals surface area contributed by atoms with Crippen LogP contribution in [0.1, 0.15) is 31.1 Å². The summed E-state index contributed by atoms with van der Waals surface area (Å²) in [5, 5.41) is 9.46. The summed E-state index contributed by atoms with van der Waals surface area (Å²) in [5.74, 6) is -2.20. The van der Waals surface area contributed by atoms with Gasteiger partial charge in [-0.2, -0.15) is 0 Å². The lowest BCUT2D eigenvalue weighted by molar-refractivity contribution is 0.00608. The third-order valence-electron chi connectivity index (χ3n) is 1.89. The highest BCUT2D eigenvalue weighted by Gasteiger charge is 2.26. The van der Waals surface area contributed by atoms with Gasteiger partial charge in [0.2, 0.25) is 0 Å². The third-order valence-corrected chi connectivity index (χ3v) is 1.89. The Bertz CT molecular complexity index is 435. The molecule has 0 radical (unpaired) electrons. The number of ether oxygens (including phenoxy) is 2. The zero-order valence-corrected chi connectivity index (χ0v) is 10.2. The van der Waals surface area contributed by atoms with E-state index in [0.717, 1.165) is 12.1 Å². The minimum atomic E-state index is -0.872. The molecule has 0 atom stereocenters. The van der Waals surface area contributed by atoms with E-state index in [1.807, 2.05) is 0 Å². The molecular formula is C12H15FO4. The van der Waals surface area contributed by atoms with E-state index < -0.39 is 23.0 Å². The van der Waals surface area contributed by atoms with E-state index in [2.05, 4.69) is 0 Å². The molecule has 5 heteroatoms. The van der Waals surface area contributed by atoms with Gasteiger partial charge in [0.15, 0.2) is 11.5 Å². The second-order valence-corrected chi connectivity index (χ2v) is 4.48. The highest BCUT2D eigenvalue weighted by atomic mass is 19.1. The van der Waals surface area contributed by atoms with Crippen molar-refractivity contribution in [2.45, 2.75) is 26.4 Å². The number of carbonyl (C=O) groups excluding carboxylic acids is 1. The van der Waals surface area contributed by atoms with Crippen LogP contribution in [0.4, 0.5) is 4.39 Å². The number of halogens is 1. The van der Waals surface area contributed by atoms with E-state index >= 15 is 0 Å². The quantitative estimate of drug-likeness (QED) is 0.809. The van der Waals surface area contributed by atoms with Gasteiger partial charge < -0.3 is 14.6 Å². The molecule has 0 amide bonds. The average molecular weight is 242 g/mol. The van der Waals surface area contributed by atoms with E-state index in [1.54, 1.807) is 20.8 Å². The molecule has 0 spiro atoms. The number of rotatable bonds is 2. The van der Waals surface area contributed by atoms with Crippen LogP contribution in [-0.2, 0) is 4.74 Å². The number of hydrogen-bond donors (Lipinski definition) is 1. The molecule has 0 heterocycles. The predicted octanol–water partition coefficient (Wildman–Crippen LogP) is 2.50. The summed E-state index contributed by atoms with van der Waals surface area (Å²) >= 11 is 0. The SMILES string of the molecule is COc1c(O)ccc(F)c1C(=O)OC(C)(C)C. The van der Waals surface area contributed by atoms with Crippen molar-refractivity contribution in [2.24, 2.45) is 0 Å². The molecule has 1 aromatic rings. The van der Waals surface area contributed by atoms with Crippen LogP contribution in [0.5, 0.6) is 11.5 Å². The average Bonchev–Trinajstić information content (AvgIpc) is 2.18. The predicted molar refractivity (Wildman–Crippen MR) is 59.8 cm³/mol. The normalized spacial score (nSPS) is 11.1. The Balaban J connectivity index is 3.21. The number of phenols is 1. The van der Waals surface area contributed by atoms with Crippen LogP contribution in [0, 0.1) is 5.82 Å². The van der Waals surface area contributed by atoms with Gasteiger partial charge in [-0.25, -0.2) is 9.18 Å². The molecule has 1 rings (SSSR count). The molecule has 0 unspecified atom stereocenters. The van der Waals surface area contributed by atoms with Gasteiger partial charge in [-0.1, -0.05) is 0 Å². The molecule has 0 saturated carbocycles. The summed E-state index contributed by atoms with van der Waals surface area (Å²) < 4.78 is 23.4. The van der Waals surface area contributed by atoms with Gasteiger partial charge in [-0.15, -0.1) is 0 Å². The maximum absolute atomic E-state index is 13.6. The lowest BCUT2D eigenvalue weighted by atomic mass is 10.1.